The molecule has 1 unspecified atom stereocenters. The molecule has 2 aromatic heterocycles. The number of fused-ring (bicyclic) bond motifs is 2. The molecule has 2 aromatic carbocycles. The van der Waals surface area contributed by atoms with E-state index < -0.39 is 0 Å². The molecule has 0 aliphatic carbocycles. The van der Waals surface area contributed by atoms with E-state index in [9.17, 15) is 4.79 Å². The van der Waals surface area contributed by atoms with Crippen LogP contribution >= 0.6 is 0 Å². The van der Waals surface area contributed by atoms with E-state index in [0.717, 1.165) is 27.5 Å². The highest BCUT2D eigenvalue weighted by molar-refractivity contribution is 5.86. The Morgan fingerprint density at radius 1 is 1.18 bits per heavy atom. The number of benzene rings is 2. The molecule has 0 spiro atoms. The summed E-state index contributed by atoms with van der Waals surface area (Å²) in [5.41, 5.74) is 4.27. The molecule has 4 aromatic rings. The molecular weight excluding hydrogens is 350 g/mol. The Morgan fingerprint density at radius 3 is 2.82 bits per heavy atom. The van der Waals surface area contributed by atoms with Crippen molar-refractivity contribution in [2.24, 2.45) is 0 Å². The molecule has 6 heteroatoms. The van der Waals surface area contributed by atoms with Crippen LogP contribution in [0.4, 0.5) is 0 Å². The molecule has 0 saturated heterocycles. The lowest BCUT2D eigenvalue weighted by Gasteiger charge is -2.20. The first-order valence-electron chi connectivity index (χ1n) is 9.58. The van der Waals surface area contributed by atoms with Gasteiger partial charge in [0.05, 0.1) is 23.4 Å². The molecule has 28 heavy (non-hydrogen) atoms. The van der Waals surface area contributed by atoms with Crippen molar-refractivity contribution >= 4 is 27.8 Å². The van der Waals surface area contributed by atoms with Crippen molar-refractivity contribution in [1.82, 2.24) is 25.2 Å². The van der Waals surface area contributed by atoms with E-state index in [-0.39, 0.29) is 18.0 Å². The van der Waals surface area contributed by atoms with Crippen molar-refractivity contribution in [3.63, 3.8) is 0 Å². The average molecular weight is 375 g/mol. The smallest absolute Gasteiger partial charge is 0.237 e. The van der Waals surface area contributed by atoms with Crippen LogP contribution in [0.1, 0.15) is 12.5 Å². The van der Waals surface area contributed by atoms with Gasteiger partial charge in [-0.1, -0.05) is 30.3 Å². The van der Waals surface area contributed by atoms with Gasteiger partial charge in [0.2, 0.25) is 5.91 Å². The van der Waals surface area contributed by atoms with Crippen LogP contribution in [0.25, 0.3) is 21.9 Å². The summed E-state index contributed by atoms with van der Waals surface area (Å²) in [6.07, 6.45) is 4.45. The van der Waals surface area contributed by atoms with Gasteiger partial charge >= 0.3 is 0 Å². The quantitative estimate of drug-likeness (QED) is 0.465. The Morgan fingerprint density at radius 2 is 1.96 bits per heavy atom. The number of likely N-dealkylation sites (N-methyl/N-ethyl adjacent to an activating group) is 1. The zero-order valence-electron chi connectivity index (χ0n) is 16.1. The van der Waals surface area contributed by atoms with Crippen LogP contribution < -0.4 is 10.6 Å². The summed E-state index contributed by atoms with van der Waals surface area (Å²) in [5.74, 6) is 0.00435. The number of amides is 1. The first-order valence-corrected chi connectivity index (χ1v) is 9.58. The highest BCUT2D eigenvalue weighted by Crippen LogP contribution is 2.19. The number of hydrogen-bond acceptors (Lipinski definition) is 3. The second-order valence-electron chi connectivity index (χ2n) is 7.20. The van der Waals surface area contributed by atoms with Gasteiger partial charge in [0.25, 0.3) is 0 Å². The molecule has 0 aliphatic rings. The zero-order chi connectivity index (χ0) is 19.5. The fraction of sp³-hybridized carbons (Fsp3) is 0.273. The van der Waals surface area contributed by atoms with Crippen molar-refractivity contribution in [3.05, 3.63) is 66.6 Å². The lowest BCUT2D eigenvalue weighted by atomic mass is 10.0. The van der Waals surface area contributed by atoms with Crippen molar-refractivity contribution in [3.8, 4) is 0 Å². The normalized spacial score (nSPS) is 13.6. The van der Waals surface area contributed by atoms with Gasteiger partial charge in [-0.05, 0) is 44.2 Å². The molecule has 3 N–H and O–H groups in total. The highest BCUT2D eigenvalue weighted by Gasteiger charge is 2.20. The predicted molar refractivity (Wildman–Crippen MR) is 112 cm³/mol. The van der Waals surface area contributed by atoms with Crippen LogP contribution in [0, 0.1) is 0 Å². The molecule has 0 bridgehead atoms. The Bertz CT molecular complexity index is 1100. The number of nitrogens with zero attached hydrogens (tertiary/aromatic N) is 2. The number of hydrogen-bond donors (Lipinski definition) is 3. The number of imidazole rings is 1. The van der Waals surface area contributed by atoms with E-state index in [2.05, 4.69) is 31.2 Å². The van der Waals surface area contributed by atoms with Crippen molar-refractivity contribution in [2.45, 2.75) is 32.0 Å². The van der Waals surface area contributed by atoms with E-state index in [1.807, 2.05) is 69.0 Å². The second kappa shape index (κ2) is 7.86. The van der Waals surface area contributed by atoms with Gasteiger partial charge in [0, 0.05) is 29.7 Å². The number of carbonyl (C=O) groups is 1. The molecule has 0 fully saturated rings. The minimum absolute atomic E-state index is 0.00435. The molecule has 0 aliphatic heterocycles. The molecular formula is C22H25N5O. The number of rotatable bonds is 7. The monoisotopic (exact) mass is 375 g/mol. The maximum Gasteiger partial charge on any atom is 0.237 e. The average Bonchev–Trinajstić information content (AvgIpc) is 3.30. The third-order valence-corrected chi connectivity index (χ3v) is 5.15. The summed E-state index contributed by atoms with van der Waals surface area (Å²) in [7, 11) is 1.83. The van der Waals surface area contributed by atoms with E-state index >= 15 is 0 Å². The van der Waals surface area contributed by atoms with Crippen LogP contribution in [-0.4, -0.2) is 39.6 Å². The lowest BCUT2D eigenvalue weighted by Crippen LogP contribution is -2.48. The zero-order valence-corrected chi connectivity index (χ0v) is 16.1. The first kappa shape index (κ1) is 18.3. The van der Waals surface area contributed by atoms with Crippen molar-refractivity contribution in [2.75, 3.05) is 7.05 Å². The van der Waals surface area contributed by atoms with E-state index in [1.54, 1.807) is 0 Å². The SMILES string of the molecule is CN[C@H](Cc1c[nH]c2ccccc12)C(=O)NC(C)Cn1cnc2ccccc21. The Hall–Kier alpha value is -3.12. The molecule has 0 radical (unpaired) electrons. The van der Waals surface area contributed by atoms with E-state index in [1.165, 1.54) is 0 Å². The molecule has 6 nitrogen and oxygen atoms in total. The summed E-state index contributed by atoms with van der Waals surface area (Å²) in [6.45, 7) is 2.70. The Balaban J connectivity index is 1.42. The third kappa shape index (κ3) is 3.64. The minimum Gasteiger partial charge on any atom is -0.361 e. The van der Waals surface area contributed by atoms with Crippen LogP contribution in [0.3, 0.4) is 0 Å². The topological polar surface area (TPSA) is 74.7 Å². The van der Waals surface area contributed by atoms with Crippen molar-refractivity contribution < 1.29 is 4.79 Å². The maximum atomic E-state index is 12.8. The summed E-state index contributed by atoms with van der Waals surface area (Å²) in [6, 6.07) is 15.9. The van der Waals surface area contributed by atoms with Crippen LogP contribution in [0.5, 0.6) is 0 Å². The van der Waals surface area contributed by atoms with Gasteiger partial charge in [-0.2, -0.15) is 0 Å². The summed E-state index contributed by atoms with van der Waals surface area (Å²) in [4.78, 5) is 20.5. The molecule has 144 valence electrons. The van der Waals surface area contributed by atoms with Crippen molar-refractivity contribution in [1.29, 1.82) is 0 Å². The standard InChI is InChI=1S/C22H25N5O/c1-15(13-27-14-25-19-9-5-6-10-21(19)27)26-22(28)20(23-2)11-16-12-24-18-8-4-3-7-17(16)18/h3-10,12,14-15,20,23-24H,11,13H2,1-2H3,(H,26,28)/t15?,20-/m1/s1. The largest absolute Gasteiger partial charge is 0.361 e. The predicted octanol–water partition coefficient (Wildman–Crippen LogP) is 2.85. The molecule has 1 amide bonds. The lowest BCUT2D eigenvalue weighted by molar-refractivity contribution is -0.123. The van der Waals surface area contributed by atoms with Crippen LogP contribution in [-0.2, 0) is 17.8 Å². The highest BCUT2D eigenvalue weighted by atomic mass is 16.2. The van der Waals surface area contributed by atoms with Gasteiger partial charge in [0.15, 0.2) is 0 Å². The number of para-hydroxylation sites is 3. The summed E-state index contributed by atoms with van der Waals surface area (Å²) in [5, 5.41) is 7.45. The molecule has 2 heterocycles. The summed E-state index contributed by atoms with van der Waals surface area (Å²) >= 11 is 0. The molecule has 4 rings (SSSR count). The van der Waals surface area contributed by atoms with Gasteiger partial charge in [0.1, 0.15) is 0 Å². The van der Waals surface area contributed by atoms with E-state index in [0.29, 0.717) is 13.0 Å². The molecule has 2 atom stereocenters. The second-order valence-corrected chi connectivity index (χ2v) is 7.20. The van der Waals surface area contributed by atoms with Crippen LogP contribution in [0.2, 0.25) is 0 Å². The first-order chi connectivity index (χ1) is 13.7. The number of carbonyl (C=O) groups excluding carboxylic acids is 1. The van der Waals surface area contributed by atoms with Gasteiger partial charge < -0.3 is 20.2 Å². The third-order valence-electron chi connectivity index (χ3n) is 5.15. The number of nitrogens with one attached hydrogen (secondary N) is 3. The summed E-state index contributed by atoms with van der Waals surface area (Å²) < 4.78 is 2.08. The number of aromatic nitrogens is 3. The number of aromatic amines is 1. The Labute approximate surface area is 164 Å². The van der Waals surface area contributed by atoms with Gasteiger partial charge in [-0.25, -0.2) is 4.98 Å². The Kier molecular flexibility index (Phi) is 5.12. The maximum absolute atomic E-state index is 12.8. The fourth-order valence-electron chi connectivity index (χ4n) is 3.69. The minimum atomic E-state index is -0.291. The van der Waals surface area contributed by atoms with Gasteiger partial charge in [-0.3, -0.25) is 4.79 Å². The van der Waals surface area contributed by atoms with Crippen LogP contribution in [0.15, 0.2) is 61.1 Å². The van der Waals surface area contributed by atoms with Gasteiger partial charge in [-0.15, -0.1) is 0 Å². The van der Waals surface area contributed by atoms with E-state index in [4.69, 9.17) is 0 Å². The fourth-order valence-corrected chi connectivity index (χ4v) is 3.69. The molecule has 0 saturated carbocycles. The number of H-pyrrole nitrogens is 1.